The lowest BCUT2D eigenvalue weighted by molar-refractivity contribution is -0.143. The zero-order chi connectivity index (χ0) is 8.20. The van der Waals surface area contributed by atoms with Crippen LogP contribution < -0.4 is 0 Å². The monoisotopic (exact) mass is 206 g/mol. The maximum Gasteiger partial charge on any atom is 0.329 e. The van der Waals surface area contributed by atoms with Gasteiger partial charge < -0.3 is 9.84 Å². The van der Waals surface area contributed by atoms with Gasteiger partial charge in [-0.1, -0.05) is 23.2 Å². The van der Waals surface area contributed by atoms with Crippen LogP contribution in [0.25, 0.3) is 0 Å². The van der Waals surface area contributed by atoms with Gasteiger partial charge in [0.25, 0.3) is 0 Å². The van der Waals surface area contributed by atoms with Crippen LogP contribution in [0.2, 0.25) is 0 Å². The second kappa shape index (κ2) is 4.23. The summed E-state index contributed by atoms with van der Waals surface area (Å²) in [6.45, 7) is -0.556. The second-order valence-corrected chi connectivity index (χ2v) is 3.14. The summed E-state index contributed by atoms with van der Waals surface area (Å²) in [5, 5.41) is 8.09. The number of halogens is 3. The van der Waals surface area contributed by atoms with Gasteiger partial charge in [0.2, 0.25) is 4.52 Å². The highest BCUT2D eigenvalue weighted by Gasteiger charge is 2.24. The molecule has 0 spiro atoms. The molecule has 6 heteroatoms. The van der Waals surface area contributed by atoms with Gasteiger partial charge >= 0.3 is 5.97 Å². The molecule has 0 amide bonds. The Kier molecular flexibility index (Phi) is 4.36. The lowest BCUT2D eigenvalue weighted by Gasteiger charge is -2.14. The Bertz CT molecular complexity index is 125. The van der Waals surface area contributed by atoms with E-state index >= 15 is 0 Å². The Morgan fingerprint density at radius 2 is 2.10 bits per heavy atom. The third-order valence-electron chi connectivity index (χ3n) is 0.562. The highest BCUT2D eigenvalue weighted by molar-refractivity contribution is 6.50. The van der Waals surface area contributed by atoms with E-state index < -0.39 is 17.1 Å². The molecule has 0 rings (SSSR count). The van der Waals surface area contributed by atoms with Crippen molar-refractivity contribution >= 4 is 40.8 Å². The fraction of sp³-hybridized carbons (Fsp3) is 0.750. The highest BCUT2D eigenvalue weighted by atomic mass is 35.5. The van der Waals surface area contributed by atoms with Gasteiger partial charge in [-0.25, -0.2) is 4.79 Å². The number of hydrogen-bond donors (Lipinski definition) is 1. The molecule has 10 heavy (non-hydrogen) atoms. The summed E-state index contributed by atoms with van der Waals surface area (Å²) >= 11 is 15.8. The van der Waals surface area contributed by atoms with Gasteiger partial charge in [-0.3, -0.25) is 0 Å². The Labute approximate surface area is 72.8 Å². The smallest absolute Gasteiger partial charge is 0.329 e. The quantitative estimate of drug-likeness (QED) is 0.710. The molecule has 0 aromatic carbocycles. The van der Waals surface area contributed by atoms with Crippen molar-refractivity contribution in [1.82, 2.24) is 0 Å². The molecule has 0 bridgehead atoms. The molecule has 3 nitrogen and oxygen atoms in total. The average Bonchev–Trinajstić information content (AvgIpc) is 1.85. The number of ether oxygens (including phenoxy) is 1. The zero-order valence-corrected chi connectivity index (χ0v) is 7.08. The van der Waals surface area contributed by atoms with E-state index in [2.05, 4.69) is 4.74 Å². The molecule has 0 unspecified atom stereocenters. The molecule has 0 saturated carbocycles. The number of hydrogen-bond acceptors (Lipinski definition) is 2. The van der Waals surface area contributed by atoms with E-state index in [0.29, 0.717) is 0 Å². The van der Waals surface area contributed by atoms with Crippen LogP contribution in [0.3, 0.4) is 0 Å². The Hall–Kier alpha value is 0.300. The first kappa shape index (κ1) is 10.3. The van der Waals surface area contributed by atoms with Crippen molar-refractivity contribution in [3.63, 3.8) is 0 Å². The maximum absolute atomic E-state index is 9.88. The average molecular weight is 207 g/mol. The van der Waals surface area contributed by atoms with E-state index in [1.54, 1.807) is 0 Å². The zero-order valence-electron chi connectivity index (χ0n) is 4.81. The lowest BCUT2D eigenvalue weighted by atomic mass is 10.7. The molecule has 0 aliphatic heterocycles. The summed E-state index contributed by atoms with van der Waals surface area (Å²) < 4.78 is 2.84. The van der Waals surface area contributed by atoms with E-state index in [1.807, 2.05) is 0 Å². The first-order valence-electron chi connectivity index (χ1n) is 2.27. The SMILES string of the molecule is O=C(O)COC(Cl)(Cl)CCl. The van der Waals surface area contributed by atoms with E-state index in [0.717, 1.165) is 0 Å². The topological polar surface area (TPSA) is 46.5 Å². The van der Waals surface area contributed by atoms with Crippen molar-refractivity contribution < 1.29 is 14.6 Å². The fourth-order valence-electron chi connectivity index (χ4n) is 0.206. The minimum absolute atomic E-state index is 0.177. The first-order valence-corrected chi connectivity index (χ1v) is 3.56. The lowest BCUT2D eigenvalue weighted by Crippen LogP contribution is -2.23. The highest BCUT2D eigenvalue weighted by Crippen LogP contribution is 2.23. The van der Waals surface area contributed by atoms with Crippen molar-refractivity contribution in [1.29, 1.82) is 0 Å². The van der Waals surface area contributed by atoms with Crippen LogP contribution in [-0.4, -0.2) is 28.1 Å². The summed E-state index contributed by atoms with van der Waals surface area (Å²) in [6, 6.07) is 0. The number of alkyl halides is 3. The van der Waals surface area contributed by atoms with Crippen molar-refractivity contribution in [2.45, 2.75) is 4.52 Å². The molecule has 0 radical (unpaired) electrons. The first-order chi connectivity index (χ1) is 4.48. The number of carbonyl (C=O) groups is 1. The molecule has 0 atom stereocenters. The number of rotatable bonds is 4. The van der Waals surface area contributed by atoms with E-state index in [9.17, 15) is 4.79 Å². The van der Waals surface area contributed by atoms with E-state index in [4.69, 9.17) is 39.9 Å². The summed E-state index contributed by atoms with van der Waals surface area (Å²) in [5.41, 5.74) is 0. The number of carboxylic acids is 1. The molecule has 0 aromatic heterocycles. The third kappa shape index (κ3) is 5.11. The molecule has 0 aliphatic carbocycles. The Morgan fingerprint density at radius 3 is 2.40 bits per heavy atom. The Balaban J connectivity index is 3.56. The van der Waals surface area contributed by atoms with Crippen LogP contribution in [-0.2, 0) is 9.53 Å². The predicted molar refractivity (Wildman–Crippen MR) is 38.7 cm³/mol. The molecule has 0 aliphatic rings. The second-order valence-electron chi connectivity index (χ2n) is 1.45. The van der Waals surface area contributed by atoms with Gasteiger partial charge in [0, 0.05) is 0 Å². The Morgan fingerprint density at radius 1 is 1.60 bits per heavy atom. The summed E-state index contributed by atoms with van der Waals surface area (Å²) in [7, 11) is 0. The van der Waals surface area contributed by atoms with Gasteiger partial charge in [-0.2, -0.15) is 0 Å². The molecule has 0 fully saturated rings. The van der Waals surface area contributed by atoms with Crippen molar-refractivity contribution in [2.24, 2.45) is 0 Å². The minimum atomic E-state index is -1.60. The van der Waals surface area contributed by atoms with Gasteiger partial charge in [-0.05, 0) is 0 Å². The third-order valence-corrected chi connectivity index (χ3v) is 1.70. The van der Waals surface area contributed by atoms with Gasteiger partial charge in [-0.15, -0.1) is 11.6 Å². The molecular formula is C4H5Cl3O3. The molecule has 0 aromatic rings. The van der Waals surface area contributed by atoms with Gasteiger partial charge in [0.05, 0.1) is 5.88 Å². The predicted octanol–water partition coefficient (Wildman–Crippen LogP) is 1.46. The van der Waals surface area contributed by atoms with Crippen molar-refractivity contribution in [3.05, 3.63) is 0 Å². The molecular weight excluding hydrogens is 202 g/mol. The standard InChI is InChI=1S/C4H5Cl3O3/c5-2-4(6,7)10-1-3(8)9/h1-2H2,(H,8,9). The molecule has 60 valence electrons. The minimum Gasteiger partial charge on any atom is -0.480 e. The summed E-state index contributed by atoms with van der Waals surface area (Å²) in [4.78, 5) is 9.88. The normalized spacial score (nSPS) is 11.5. The summed E-state index contributed by atoms with van der Waals surface area (Å²) in [5.74, 6) is -1.32. The van der Waals surface area contributed by atoms with E-state index in [-0.39, 0.29) is 5.88 Å². The van der Waals surface area contributed by atoms with Crippen LogP contribution in [0.4, 0.5) is 0 Å². The largest absolute Gasteiger partial charge is 0.480 e. The van der Waals surface area contributed by atoms with Crippen LogP contribution in [0.5, 0.6) is 0 Å². The van der Waals surface area contributed by atoms with Gasteiger partial charge in [0.1, 0.15) is 6.61 Å². The molecule has 0 saturated heterocycles. The number of carboxylic acid groups (broad SMARTS) is 1. The van der Waals surface area contributed by atoms with Crippen molar-refractivity contribution in [3.8, 4) is 0 Å². The molecule has 0 heterocycles. The van der Waals surface area contributed by atoms with Crippen LogP contribution >= 0.6 is 34.8 Å². The van der Waals surface area contributed by atoms with Crippen LogP contribution in [0.15, 0.2) is 0 Å². The maximum atomic E-state index is 9.88. The number of aliphatic carboxylic acids is 1. The van der Waals surface area contributed by atoms with Crippen molar-refractivity contribution in [2.75, 3.05) is 12.5 Å². The summed E-state index contributed by atoms with van der Waals surface area (Å²) in [6.07, 6.45) is 0. The fourth-order valence-corrected chi connectivity index (χ4v) is 0.392. The van der Waals surface area contributed by atoms with Crippen LogP contribution in [0.1, 0.15) is 0 Å². The van der Waals surface area contributed by atoms with Gasteiger partial charge in [0.15, 0.2) is 0 Å². The van der Waals surface area contributed by atoms with E-state index in [1.165, 1.54) is 0 Å². The van der Waals surface area contributed by atoms with Crippen LogP contribution in [0, 0.1) is 0 Å². The molecule has 1 N–H and O–H groups in total.